The molecule has 3 rings (SSSR count). The minimum absolute atomic E-state index is 0.229. The molecule has 0 saturated heterocycles. The molecule has 1 aromatic carbocycles. The second kappa shape index (κ2) is 5.20. The van der Waals surface area contributed by atoms with Gasteiger partial charge >= 0.3 is 0 Å². The van der Waals surface area contributed by atoms with Crippen molar-refractivity contribution in [3.8, 4) is 22.7 Å². The topological polar surface area (TPSA) is 85.7 Å². The molecular formula is C14H13N5O2. The van der Waals surface area contributed by atoms with Crippen LogP contribution in [0.1, 0.15) is 5.56 Å². The number of H-pyrrole nitrogens is 1. The summed E-state index contributed by atoms with van der Waals surface area (Å²) in [5, 5.41) is 14.7. The van der Waals surface area contributed by atoms with Crippen LogP contribution in [-0.4, -0.2) is 32.3 Å². The molecule has 0 amide bonds. The van der Waals surface area contributed by atoms with Gasteiger partial charge in [-0.3, -0.25) is 4.79 Å². The first kappa shape index (κ1) is 13.0. The van der Waals surface area contributed by atoms with Crippen molar-refractivity contribution in [1.82, 2.24) is 25.2 Å². The van der Waals surface area contributed by atoms with Gasteiger partial charge in [-0.15, -0.1) is 0 Å². The lowest BCUT2D eigenvalue weighted by Crippen LogP contribution is -2.09. The minimum atomic E-state index is -0.229. The molecule has 7 nitrogen and oxygen atoms in total. The van der Waals surface area contributed by atoms with Crippen LogP contribution in [0.25, 0.3) is 16.9 Å². The Morgan fingerprint density at radius 3 is 2.62 bits per heavy atom. The third-order valence-corrected chi connectivity index (χ3v) is 3.09. The maximum Gasteiger partial charge on any atom is 0.264 e. The molecule has 0 aliphatic rings. The van der Waals surface area contributed by atoms with E-state index in [1.54, 1.807) is 19.5 Å². The zero-order valence-corrected chi connectivity index (χ0v) is 11.6. The molecule has 0 aliphatic carbocycles. The van der Waals surface area contributed by atoms with Gasteiger partial charge in [-0.05, 0) is 24.6 Å². The van der Waals surface area contributed by atoms with Crippen LogP contribution in [0, 0.1) is 6.92 Å². The molecule has 0 aliphatic heterocycles. The smallest absolute Gasteiger partial charge is 0.264 e. The Kier molecular flexibility index (Phi) is 3.23. The minimum Gasteiger partial charge on any atom is -0.496 e. The summed E-state index contributed by atoms with van der Waals surface area (Å²) in [7, 11) is 1.58. The molecule has 0 atom stereocenters. The number of nitrogens with zero attached hydrogens (tertiary/aromatic N) is 4. The van der Waals surface area contributed by atoms with Crippen LogP contribution >= 0.6 is 0 Å². The quantitative estimate of drug-likeness (QED) is 0.783. The van der Waals surface area contributed by atoms with E-state index in [-0.39, 0.29) is 5.56 Å². The van der Waals surface area contributed by atoms with Crippen molar-refractivity contribution in [3.63, 3.8) is 0 Å². The van der Waals surface area contributed by atoms with Crippen LogP contribution in [0.3, 0.4) is 0 Å². The number of methoxy groups -OCH3 is 1. The fourth-order valence-corrected chi connectivity index (χ4v) is 2.12. The SMILES string of the molecule is COc1cc(-n2nccn2)ccc1-c1n[nH]c(=O)cc1C. The van der Waals surface area contributed by atoms with Crippen molar-refractivity contribution < 1.29 is 4.74 Å². The van der Waals surface area contributed by atoms with E-state index >= 15 is 0 Å². The zero-order chi connectivity index (χ0) is 14.8. The average Bonchev–Trinajstić information content (AvgIpc) is 3.01. The van der Waals surface area contributed by atoms with Crippen molar-refractivity contribution >= 4 is 0 Å². The molecule has 3 aromatic rings. The normalized spacial score (nSPS) is 10.6. The number of ether oxygens (including phenoxy) is 1. The van der Waals surface area contributed by atoms with E-state index < -0.39 is 0 Å². The number of rotatable bonds is 3. The molecule has 0 bridgehead atoms. The first-order chi connectivity index (χ1) is 10.2. The van der Waals surface area contributed by atoms with Crippen molar-refractivity contribution in [2.24, 2.45) is 0 Å². The van der Waals surface area contributed by atoms with Gasteiger partial charge in [0, 0.05) is 17.7 Å². The van der Waals surface area contributed by atoms with Crippen molar-refractivity contribution in [2.45, 2.75) is 6.92 Å². The summed E-state index contributed by atoms with van der Waals surface area (Å²) in [6.45, 7) is 1.83. The maximum atomic E-state index is 11.3. The fraction of sp³-hybridized carbons (Fsp3) is 0.143. The fourth-order valence-electron chi connectivity index (χ4n) is 2.12. The van der Waals surface area contributed by atoms with E-state index in [2.05, 4.69) is 20.4 Å². The number of benzene rings is 1. The average molecular weight is 283 g/mol. The van der Waals surface area contributed by atoms with Crippen molar-refractivity contribution in [3.05, 3.63) is 52.6 Å². The third kappa shape index (κ3) is 2.40. The number of aromatic nitrogens is 5. The van der Waals surface area contributed by atoms with Crippen LogP contribution in [-0.2, 0) is 0 Å². The van der Waals surface area contributed by atoms with Gasteiger partial charge in [0.15, 0.2) is 0 Å². The summed E-state index contributed by atoms with van der Waals surface area (Å²) < 4.78 is 5.42. The maximum absolute atomic E-state index is 11.3. The second-order valence-electron chi connectivity index (χ2n) is 4.47. The Hall–Kier alpha value is -2.96. The Morgan fingerprint density at radius 2 is 1.95 bits per heavy atom. The molecule has 21 heavy (non-hydrogen) atoms. The highest BCUT2D eigenvalue weighted by atomic mass is 16.5. The number of nitrogens with one attached hydrogen (secondary N) is 1. The summed E-state index contributed by atoms with van der Waals surface area (Å²) >= 11 is 0. The van der Waals surface area contributed by atoms with E-state index in [0.29, 0.717) is 11.4 Å². The molecule has 0 spiro atoms. The highest BCUT2D eigenvalue weighted by molar-refractivity contribution is 5.71. The van der Waals surface area contributed by atoms with Gasteiger partial charge in [0.25, 0.3) is 5.56 Å². The van der Waals surface area contributed by atoms with Crippen LogP contribution in [0.15, 0.2) is 41.5 Å². The Bertz CT molecular complexity index is 824. The molecule has 0 radical (unpaired) electrons. The molecule has 106 valence electrons. The summed E-state index contributed by atoms with van der Waals surface area (Å²) in [4.78, 5) is 12.8. The van der Waals surface area contributed by atoms with Crippen LogP contribution in [0.4, 0.5) is 0 Å². The molecule has 0 unspecified atom stereocenters. The Morgan fingerprint density at radius 1 is 1.19 bits per heavy atom. The van der Waals surface area contributed by atoms with Gasteiger partial charge in [-0.25, -0.2) is 5.10 Å². The molecule has 0 fully saturated rings. The molecule has 0 saturated carbocycles. The lowest BCUT2D eigenvalue weighted by molar-refractivity contribution is 0.415. The van der Waals surface area contributed by atoms with Crippen LogP contribution in [0.2, 0.25) is 0 Å². The summed E-state index contributed by atoms with van der Waals surface area (Å²) in [6.07, 6.45) is 3.21. The molecule has 2 heterocycles. The second-order valence-corrected chi connectivity index (χ2v) is 4.47. The van der Waals surface area contributed by atoms with Gasteiger partial charge in [-0.2, -0.15) is 20.1 Å². The first-order valence-corrected chi connectivity index (χ1v) is 6.30. The summed E-state index contributed by atoms with van der Waals surface area (Å²) in [6, 6.07) is 7.06. The van der Waals surface area contributed by atoms with E-state index in [9.17, 15) is 4.79 Å². The Balaban J connectivity index is 2.13. The molecular weight excluding hydrogens is 270 g/mol. The van der Waals surface area contributed by atoms with E-state index in [1.165, 1.54) is 10.9 Å². The standard InChI is InChI=1S/C14H13N5O2/c1-9-7-13(20)17-18-14(9)11-4-3-10(8-12(11)21-2)19-15-5-6-16-19/h3-8H,1-2H3,(H,17,20). The number of hydrogen-bond donors (Lipinski definition) is 1. The number of aryl methyl sites for hydroxylation is 1. The highest BCUT2D eigenvalue weighted by Gasteiger charge is 2.12. The highest BCUT2D eigenvalue weighted by Crippen LogP contribution is 2.31. The van der Waals surface area contributed by atoms with Gasteiger partial charge in [-0.1, -0.05) is 0 Å². The van der Waals surface area contributed by atoms with Gasteiger partial charge < -0.3 is 4.74 Å². The zero-order valence-electron chi connectivity index (χ0n) is 11.6. The predicted molar refractivity (Wildman–Crippen MR) is 76.5 cm³/mol. The van der Waals surface area contributed by atoms with Gasteiger partial charge in [0.2, 0.25) is 0 Å². The molecule has 7 heteroatoms. The molecule has 1 N–H and O–H groups in total. The summed E-state index contributed by atoms with van der Waals surface area (Å²) in [5.74, 6) is 0.632. The van der Waals surface area contributed by atoms with Gasteiger partial charge in [0.05, 0.1) is 30.9 Å². The lowest BCUT2D eigenvalue weighted by Gasteiger charge is -2.11. The van der Waals surface area contributed by atoms with Gasteiger partial charge in [0.1, 0.15) is 5.75 Å². The molecule has 2 aromatic heterocycles. The lowest BCUT2D eigenvalue weighted by atomic mass is 10.1. The largest absolute Gasteiger partial charge is 0.496 e. The van der Waals surface area contributed by atoms with E-state index in [4.69, 9.17) is 4.74 Å². The predicted octanol–water partition coefficient (Wildman–Crippen LogP) is 1.33. The number of hydrogen-bond acceptors (Lipinski definition) is 5. The van der Waals surface area contributed by atoms with E-state index in [0.717, 1.165) is 16.8 Å². The monoisotopic (exact) mass is 283 g/mol. The number of aromatic amines is 1. The van der Waals surface area contributed by atoms with Crippen molar-refractivity contribution in [1.29, 1.82) is 0 Å². The Labute approximate surface area is 120 Å². The third-order valence-electron chi connectivity index (χ3n) is 3.09. The van der Waals surface area contributed by atoms with Crippen LogP contribution < -0.4 is 10.3 Å². The summed E-state index contributed by atoms with van der Waals surface area (Å²) in [5.41, 5.74) is 2.80. The van der Waals surface area contributed by atoms with E-state index in [1.807, 2.05) is 25.1 Å². The first-order valence-electron chi connectivity index (χ1n) is 6.30. The van der Waals surface area contributed by atoms with Crippen LogP contribution in [0.5, 0.6) is 5.75 Å². The van der Waals surface area contributed by atoms with Crippen molar-refractivity contribution in [2.75, 3.05) is 7.11 Å².